The van der Waals surface area contributed by atoms with Gasteiger partial charge in [-0.15, -0.1) is 0 Å². The number of hydrazone groups is 1. The summed E-state index contributed by atoms with van der Waals surface area (Å²) in [6.45, 7) is 2.74. The number of nitrogens with zero attached hydrogens (tertiary/aromatic N) is 2. The van der Waals surface area contributed by atoms with Gasteiger partial charge in [0, 0.05) is 23.8 Å². The zero-order valence-electron chi connectivity index (χ0n) is 13.6. The number of carbonyl (C=O) groups excluding carboxylic acids is 3. The summed E-state index contributed by atoms with van der Waals surface area (Å²) in [4.78, 5) is 37.0. The van der Waals surface area contributed by atoms with Gasteiger partial charge in [-0.25, -0.2) is 5.43 Å². The van der Waals surface area contributed by atoms with Gasteiger partial charge in [0.1, 0.15) is 0 Å². The van der Waals surface area contributed by atoms with Crippen molar-refractivity contribution in [3.8, 4) is 0 Å². The Kier molecular flexibility index (Phi) is 6.78. The van der Waals surface area contributed by atoms with Crippen LogP contribution in [0.4, 0.5) is 5.69 Å². The average Bonchev–Trinajstić information content (AvgIpc) is 3.09. The molecule has 1 aromatic rings. The number of benzene rings is 1. The Hall–Kier alpha value is -2.12. The Morgan fingerprint density at radius 2 is 1.88 bits per heavy atom. The molecule has 0 atom stereocenters. The van der Waals surface area contributed by atoms with Gasteiger partial charge in [-0.2, -0.15) is 5.10 Å². The van der Waals surface area contributed by atoms with E-state index in [-0.39, 0.29) is 12.3 Å². The van der Waals surface area contributed by atoms with E-state index in [0.29, 0.717) is 34.5 Å². The van der Waals surface area contributed by atoms with E-state index in [0.717, 1.165) is 12.8 Å². The van der Waals surface area contributed by atoms with E-state index in [9.17, 15) is 14.4 Å². The van der Waals surface area contributed by atoms with Gasteiger partial charge < -0.3 is 10.2 Å². The normalized spacial score (nSPS) is 14.4. The molecule has 7 nitrogen and oxygen atoms in total. The number of hydrogen-bond acceptors (Lipinski definition) is 4. The van der Waals surface area contributed by atoms with Crippen molar-refractivity contribution >= 4 is 52.3 Å². The fourth-order valence-electron chi connectivity index (χ4n) is 2.31. The molecular formula is C16H18Cl2N4O3. The standard InChI is InChI=1S/C16H18Cl2N4O3/c1-10(20-21-15(24)16(25)22-6-2-3-7-22)8-14(23)19-13-5-4-11(17)9-12(13)18/h4-5,9H,2-3,6-8H2,1H3,(H,19,23)(H,21,24)/b20-10-. The quantitative estimate of drug-likeness (QED) is 0.474. The number of halogens is 2. The molecule has 3 amide bonds. The van der Waals surface area contributed by atoms with E-state index in [4.69, 9.17) is 23.2 Å². The summed E-state index contributed by atoms with van der Waals surface area (Å²) in [5, 5.41) is 7.20. The molecule has 25 heavy (non-hydrogen) atoms. The summed E-state index contributed by atoms with van der Waals surface area (Å²) in [6, 6.07) is 4.71. The highest BCUT2D eigenvalue weighted by Gasteiger charge is 2.24. The Morgan fingerprint density at radius 3 is 2.52 bits per heavy atom. The topological polar surface area (TPSA) is 90.9 Å². The van der Waals surface area contributed by atoms with Crippen molar-refractivity contribution in [3.05, 3.63) is 28.2 Å². The van der Waals surface area contributed by atoms with Gasteiger partial charge in [0.05, 0.1) is 17.1 Å². The third kappa shape index (κ3) is 5.72. The van der Waals surface area contributed by atoms with Crippen LogP contribution in [0.2, 0.25) is 10.0 Å². The van der Waals surface area contributed by atoms with Gasteiger partial charge >= 0.3 is 11.8 Å². The summed E-state index contributed by atoms with van der Waals surface area (Å²) in [7, 11) is 0. The number of hydrogen-bond donors (Lipinski definition) is 2. The van der Waals surface area contributed by atoms with Crippen LogP contribution in [0.15, 0.2) is 23.3 Å². The van der Waals surface area contributed by atoms with E-state index in [2.05, 4.69) is 15.8 Å². The molecule has 1 heterocycles. The van der Waals surface area contributed by atoms with E-state index >= 15 is 0 Å². The van der Waals surface area contributed by atoms with Gasteiger partial charge in [0.15, 0.2) is 0 Å². The molecule has 2 N–H and O–H groups in total. The summed E-state index contributed by atoms with van der Waals surface area (Å²) < 4.78 is 0. The predicted molar refractivity (Wildman–Crippen MR) is 96.8 cm³/mol. The second kappa shape index (κ2) is 8.82. The third-order valence-corrected chi connectivity index (χ3v) is 4.11. The van der Waals surface area contributed by atoms with Gasteiger partial charge in [-0.3, -0.25) is 14.4 Å². The SMILES string of the molecule is C/C(CC(=O)Nc1ccc(Cl)cc1Cl)=N/NC(=O)C(=O)N1CCCC1. The molecular weight excluding hydrogens is 367 g/mol. The van der Waals surface area contributed by atoms with Gasteiger partial charge in [-0.05, 0) is 38.0 Å². The molecule has 9 heteroatoms. The Bertz CT molecular complexity index is 715. The first-order chi connectivity index (χ1) is 11.9. The molecule has 0 radical (unpaired) electrons. The zero-order chi connectivity index (χ0) is 18.4. The van der Waals surface area contributed by atoms with Crippen LogP contribution in [0.25, 0.3) is 0 Å². The first-order valence-electron chi connectivity index (χ1n) is 7.74. The summed E-state index contributed by atoms with van der Waals surface area (Å²) in [5.74, 6) is -1.76. The lowest BCUT2D eigenvalue weighted by molar-refractivity contribution is -0.145. The molecule has 1 aromatic carbocycles. The lowest BCUT2D eigenvalue weighted by Gasteiger charge is -2.13. The Labute approximate surface area is 155 Å². The van der Waals surface area contributed by atoms with Gasteiger partial charge in [-0.1, -0.05) is 23.2 Å². The van der Waals surface area contributed by atoms with E-state index in [1.807, 2.05) is 0 Å². The third-order valence-electron chi connectivity index (χ3n) is 3.56. The molecule has 1 saturated heterocycles. The smallest absolute Gasteiger partial charge is 0.329 e. The van der Waals surface area contributed by atoms with Crippen molar-refractivity contribution in [2.45, 2.75) is 26.2 Å². The molecule has 1 aliphatic rings. The highest BCUT2D eigenvalue weighted by Crippen LogP contribution is 2.25. The molecule has 0 aromatic heterocycles. The highest BCUT2D eigenvalue weighted by molar-refractivity contribution is 6.37. The van der Waals surface area contributed by atoms with Crippen LogP contribution in [0.1, 0.15) is 26.2 Å². The minimum atomic E-state index is -0.803. The van der Waals surface area contributed by atoms with E-state index < -0.39 is 11.8 Å². The van der Waals surface area contributed by atoms with Crippen LogP contribution in [-0.4, -0.2) is 41.4 Å². The van der Waals surface area contributed by atoms with E-state index in [1.54, 1.807) is 19.1 Å². The number of carbonyl (C=O) groups is 3. The van der Waals surface area contributed by atoms with Crippen molar-refractivity contribution in [1.29, 1.82) is 0 Å². The molecule has 0 spiro atoms. The van der Waals surface area contributed by atoms with Crippen molar-refractivity contribution in [1.82, 2.24) is 10.3 Å². The minimum absolute atomic E-state index is 0.0584. The Balaban J connectivity index is 1.84. The van der Waals surface area contributed by atoms with Crippen LogP contribution in [-0.2, 0) is 14.4 Å². The molecule has 0 unspecified atom stereocenters. The van der Waals surface area contributed by atoms with Crippen molar-refractivity contribution in [2.24, 2.45) is 5.10 Å². The lowest BCUT2D eigenvalue weighted by atomic mass is 10.2. The number of nitrogens with one attached hydrogen (secondary N) is 2. The summed E-state index contributed by atoms with van der Waals surface area (Å²) in [6.07, 6.45) is 1.74. The fraction of sp³-hybridized carbons (Fsp3) is 0.375. The average molecular weight is 385 g/mol. The van der Waals surface area contributed by atoms with Crippen LogP contribution >= 0.6 is 23.2 Å². The zero-order valence-corrected chi connectivity index (χ0v) is 15.2. The molecule has 0 bridgehead atoms. The maximum absolute atomic E-state index is 12.0. The summed E-state index contributed by atoms with van der Waals surface area (Å²) >= 11 is 11.8. The van der Waals surface area contributed by atoms with Crippen molar-refractivity contribution in [2.75, 3.05) is 18.4 Å². The van der Waals surface area contributed by atoms with Crippen LogP contribution in [0, 0.1) is 0 Å². The molecule has 134 valence electrons. The largest absolute Gasteiger partial charge is 0.334 e. The maximum atomic E-state index is 12.0. The minimum Gasteiger partial charge on any atom is -0.334 e. The Morgan fingerprint density at radius 1 is 1.20 bits per heavy atom. The predicted octanol–water partition coefficient (Wildman–Crippen LogP) is 2.44. The molecule has 0 saturated carbocycles. The number of likely N-dealkylation sites (tertiary alicyclic amines) is 1. The van der Waals surface area contributed by atoms with Crippen LogP contribution in [0.5, 0.6) is 0 Å². The monoisotopic (exact) mass is 384 g/mol. The number of anilines is 1. The van der Waals surface area contributed by atoms with Gasteiger partial charge in [0.2, 0.25) is 5.91 Å². The van der Waals surface area contributed by atoms with Crippen LogP contribution < -0.4 is 10.7 Å². The lowest BCUT2D eigenvalue weighted by Crippen LogP contribution is -2.40. The number of amides is 3. The molecule has 2 rings (SSSR count). The molecule has 0 aliphatic carbocycles. The number of rotatable bonds is 4. The second-order valence-corrected chi connectivity index (χ2v) is 6.48. The van der Waals surface area contributed by atoms with Crippen molar-refractivity contribution in [3.63, 3.8) is 0 Å². The van der Waals surface area contributed by atoms with E-state index in [1.165, 1.54) is 11.0 Å². The van der Waals surface area contributed by atoms with Gasteiger partial charge in [0.25, 0.3) is 0 Å². The highest BCUT2D eigenvalue weighted by atomic mass is 35.5. The molecule has 1 aliphatic heterocycles. The molecule has 1 fully saturated rings. The van der Waals surface area contributed by atoms with Crippen LogP contribution in [0.3, 0.4) is 0 Å². The summed E-state index contributed by atoms with van der Waals surface area (Å²) in [5.41, 5.74) is 2.96. The second-order valence-electron chi connectivity index (χ2n) is 5.64. The fourth-order valence-corrected chi connectivity index (χ4v) is 2.77. The first kappa shape index (κ1) is 19.2. The van der Waals surface area contributed by atoms with Crippen molar-refractivity contribution < 1.29 is 14.4 Å². The first-order valence-corrected chi connectivity index (χ1v) is 8.49. The maximum Gasteiger partial charge on any atom is 0.329 e.